The maximum Gasteiger partial charge on any atom is 0.573 e. The number of carboxylic acids is 1. The van der Waals surface area contributed by atoms with Crippen molar-refractivity contribution in [2.75, 3.05) is 0 Å². The molecule has 128 valence electrons. The van der Waals surface area contributed by atoms with Crippen molar-refractivity contribution < 1.29 is 27.8 Å². The van der Waals surface area contributed by atoms with Crippen LogP contribution >= 0.6 is 0 Å². The summed E-state index contributed by atoms with van der Waals surface area (Å²) in [4.78, 5) is 10.8. The minimum Gasteiger partial charge on any atom is -0.481 e. The Labute approximate surface area is 136 Å². The Hall–Kier alpha value is -2.54. The fraction of sp³-hybridized carbons (Fsp3) is 0.235. The Bertz CT molecular complexity index is 744. The maximum absolute atomic E-state index is 12.6. The van der Waals surface area contributed by atoms with Gasteiger partial charge in [-0.1, -0.05) is 30.3 Å². The second-order valence-electron chi connectivity index (χ2n) is 5.32. The van der Waals surface area contributed by atoms with Crippen LogP contribution < -0.4 is 10.5 Å². The average molecular weight is 339 g/mol. The molecule has 24 heavy (non-hydrogen) atoms. The molecule has 0 amide bonds. The van der Waals surface area contributed by atoms with Crippen molar-refractivity contribution in [2.24, 2.45) is 5.73 Å². The van der Waals surface area contributed by atoms with E-state index in [0.717, 1.165) is 11.6 Å². The van der Waals surface area contributed by atoms with Crippen molar-refractivity contribution in [2.45, 2.75) is 25.7 Å². The minimum absolute atomic E-state index is 0.212. The number of alkyl halides is 3. The molecule has 0 aliphatic carbocycles. The van der Waals surface area contributed by atoms with E-state index < -0.39 is 18.4 Å². The van der Waals surface area contributed by atoms with Crippen molar-refractivity contribution in [3.63, 3.8) is 0 Å². The van der Waals surface area contributed by atoms with Gasteiger partial charge in [0.1, 0.15) is 5.75 Å². The number of hydrogen-bond donors (Lipinski definition) is 2. The van der Waals surface area contributed by atoms with E-state index in [1.165, 1.54) is 12.1 Å². The number of hydrogen-bond acceptors (Lipinski definition) is 3. The van der Waals surface area contributed by atoms with Gasteiger partial charge in [-0.3, -0.25) is 4.79 Å². The number of benzene rings is 2. The van der Waals surface area contributed by atoms with Crippen LogP contribution in [0.1, 0.15) is 23.6 Å². The first-order chi connectivity index (χ1) is 11.2. The molecule has 0 unspecified atom stereocenters. The van der Waals surface area contributed by atoms with Crippen LogP contribution in [0.5, 0.6) is 5.75 Å². The molecule has 4 nitrogen and oxygen atoms in total. The molecular formula is C17H16F3NO3. The topological polar surface area (TPSA) is 72.6 Å². The fourth-order valence-corrected chi connectivity index (χ4v) is 2.38. The van der Waals surface area contributed by atoms with E-state index in [4.69, 9.17) is 10.8 Å². The fourth-order valence-electron chi connectivity index (χ4n) is 2.38. The number of carboxylic acid groups (broad SMARTS) is 1. The number of rotatable bonds is 5. The third kappa shape index (κ3) is 4.48. The monoisotopic (exact) mass is 339 g/mol. The third-order valence-corrected chi connectivity index (χ3v) is 3.49. The lowest BCUT2D eigenvalue weighted by atomic mass is 9.95. The van der Waals surface area contributed by atoms with Crippen LogP contribution in [-0.4, -0.2) is 17.4 Å². The van der Waals surface area contributed by atoms with E-state index in [9.17, 15) is 18.0 Å². The molecule has 2 rings (SSSR count). The molecule has 3 N–H and O–H groups in total. The predicted molar refractivity (Wildman–Crippen MR) is 82.5 cm³/mol. The Balaban J connectivity index is 2.53. The number of aryl methyl sites for hydroxylation is 1. The molecule has 0 saturated heterocycles. The normalized spacial score (nSPS) is 12.7. The smallest absolute Gasteiger partial charge is 0.481 e. The van der Waals surface area contributed by atoms with E-state index >= 15 is 0 Å². The molecule has 0 heterocycles. The van der Waals surface area contributed by atoms with Crippen LogP contribution in [0.2, 0.25) is 0 Å². The summed E-state index contributed by atoms with van der Waals surface area (Å²) in [5.74, 6) is -1.45. The lowest BCUT2D eigenvalue weighted by Crippen LogP contribution is -2.18. The van der Waals surface area contributed by atoms with Gasteiger partial charge in [-0.15, -0.1) is 13.2 Å². The van der Waals surface area contributed by atoms with Gasteiger partial charge in [-0.2, -0.15) is 0 Å². The van der Waals surface area contributed by atoms with Gasteiger partial charge >= 0.3 is 12.3 Å². The predicted octanol–water partition coefficient (Wildman–Crippen LogP) is 4.04. The molecule has 0 saturated carbocycles. The van der Waals surface area contributed by atoms with Gasteiger partial charge in [0.2, 0.25) is 0 Å². The van der Waals surface area contributed by atoms with Gasteiger partial charge in [0.15, 0.2) is 0 Å². The molecule has 7 heteroatoms. The molecule has 0 aromatic heterocycles. The van der Waals surface area contributed by atoms with E-state index in [1.54, 1.807) is 31.2 Å². The van der Waals surface area contributed by atoms with Crippen molar-refractivity contribution in [1.82, 2.24) is 0 Å². The molecular weight excluding hydrogens is 323 g/mol. The Morgan fingerprint density at radius 1 is 1.21 bits per heavy atom. The molecule has 2 aromatic rings. The highest BCUT2D eigenvalue weighted by atomic mass is 19.4. The zero-order valence-corrected chi connectivity index (χ0v) is 12.8. The van der Waals surface area contributed by atoms with Crippen LogP contribution in [0.4, 0.5) is 13.2 Å². The van der Waals surface area contributed by atoms with Gasteiger partial charge in [-0.25, -0.2) is 0 Å². The molecule has 0 bridgehead atoms. The van der Waals surface area contributed by atoms with Gasteiger partial charge < -0.3 is 15.6 Å². The van der Waals surface area contributed by atoms with Crippen LogP contribution in [0, 0.1) is 6.92 Å². The highest BCUT2D eigenvalue weighted by Crippen LogP contribution is 2.37. The highest BCUT2D eigenvalue weighted by molar-refractivity contribution is 5.74. The molecule has 2 aromatic carbocycles. The number of aliphatic carboxylic acids is 1. The molecule has 0 aliphatic heterocycles. The van der Waals surface area contributed by atoms with E-state index in [0.29, 0.717) is 11.1 Å². The lowest BCUT2D eigenvalue weighted by Gasteiger charge is -2.18. The van der Waals surface area contributed by atoms with Crippen LogP contribution in [0.3, 0.4) is 0 Å². The molecule has 0 spiro atoms. The summed E-state index contributed by atoms with van der Waals surface area (Å²) in [6.07, 6.45) is -5.16. The number of nitrogens with two attached hydrogens (primary N) is 1. The second kappa shape index (κ2) is 6.92. The number of halogens is 3. The molecule has 0 fully saturated rings. The molecule has 0 radical (unpaired) electrons. The number of ether oxygens (including phenoxy) is 1. The van der Waals surface area contributed by atoms with Crippen molar-refractivity contribution in [3.8, 4) is 16.9 Å². The Kier molecular flexibility index (Phi) is 5.14. The summed E-state index contributed by atoms with van der Waals surface area (Å²) in [6.45, 7) is 1.76. The Morgan fingerprint density at radius 3 is 2.46 bits per heavy atom. The first-order valence-electron chi connectivity index (χ1n) is 7.10. The minimum atomic E-state index is -4.83. The summed E-state index contributed by atoms with van der Waals surface area (Å²) in [7, 11) is 0. The van der Waals surface area contributed by atoms with Crippen molar-refractivity contribution >= 4 is 5.97 Å². The lowest BCUT2D eigenvalue weighted by molar-refractivity contribution is -0.274. The van der Waals surface area contributed by atoms with Crippen molar-refractivity contribution in [1.29, 1.82) is 0 Å². The number of carbonyl (C=O) groups is 1. The summed E-state index contributed by atoms with van der Waals surface area (Å²) in [5, 5.41) is 8.83. The van der Waals surface area contributed by atoms with Crippen molar-refractivity contribution in [3.05, 3.63) is 53.6 Å². The van der Waals surface area contributed by atoms with Gasteiger partial charge in [0.05, 0.1) is 6.42 Å². The quantitative estimate of drug-likeness (QED) is 0.862. The van der Waals surface area contributed by atoms with E-state index in [1.807, 2.05) is 0 Å². The summed E-state index contributed by atoms with van der Waals surface area (Å²) < 4.78 is 42.0. The van der Waals surface area contributed by atoms with E-state index in [2.05, 4.69) is 4.74 Å². The summed E-state index contributed by atoms with van der Waals surface area (Å²) in [5.41, 5.74) is 7.76. The van der Waals surface area contributed by atoms with Gasteiger partial charge in [-0.05, 0) is 35.7 Å². The first kappa shape index (κ1) is 17.8. The van der Waals surface area contributed by atoms with Crippen LogP contribution in [0.25, 0.3) is 11.1 Å². The Morgan fingerprint density at radius 2 is 1.88 bits per heavy atom. The maximum atomic E-state index is 12.6. The SMILES string of the molecule is Cc1ccccc1-c1cc([C@@H](N)CC(=O)O)ccc1OC(F)(F)F. The first-order valence-corrected chi connectivity index (χ1v) is 7.10. The average Bonchev–Trinajstić information content (AvgIpc) is 2.46. The van der Waals surface area contributed by atoms with Crippen LogP contribution in [0.15, 0.2) is 42.5 Å². The summed E-state index contributed by atoms with van der Waals surface area (Å²) >= 11 is 0. The van der Waals surface area contributed by atoms with E-state index in [-0.39, 0.29) is 17.7 Å². The zero-order valence-electron chi connectivity index (χ0n) is 12.8. The largest absolute Gasteiger partial charge is 0.573 e. The highest BCUT2D eigenvalue weighted by Gasteiger charge is 2.32. The second-order valence-corrected chi connectivity index (χ2v) is 5.32. The standard InChI is InChI=1S/C17H16F3NO3/c1-10-4-2-3-5-12(10)13-8-11(14(21)9-16(22)23)6-7-15(13)24-17(18,19)20/h2-8,14H,9,21H2,1H3,(H,22,23)/t14-/m0/s1. The van der Waals surface area contributed by atoms with Gasteiger partial charge in [0.25, 0.3) is 0 Å². The molecule has 0 aliphatic rings. The van der Waals surface area contributed by atoms with Gasteiger partial charge in [0, 0.05) is 11.6 Å². The third-order valence-electron chi connectivity index (χ3n) is 3.49. The summed E-state index contributed by atoms with van der Waals surface area (Å²) in [6, 6.07) is 10.0. The zero-order chi connectivity index (χ0) is 17.9. The molecule has 1 atom stereocenters. The van der Waals surface area contributed by atoms with Crippen LogP contribution in [-0.2, 0) is 4.79 Å².